The minimum Gasteiger partial charge on any atom is -0.497 e. The Morgan fingerprint density at radius 2 is 1.85 bits per heavy atom. The van der Waals surface area contributed by atoms with E-state index in [1.807, 2.05) is 12.1 Å². The first kappa shape index (κ1) is 24.7. The van der Waals surface area contributed by atoms with Crippen LogP contribution in [0, 0.1) is 17.8 Å². The predicted molar refractivity (Wildman–Crippen MR) is 133 cm³/mol. The monoisotopic (exact) mass is 482 g/mol. The van der Waals surface area contributed by atoms with Crippen molar-refractivity contribution < 1.29 is 18.3 Å². The summed E-state index contributed by atoms with van der Waals surface area (Å²) in [6, 6.07) is 14.9. The van der Waals surface area contributed by atoms with Crippen LogP contribution in [0.15, 0.2) is 53.4 Å². The molecule has 3 atom stereocenters. The minimum atomic E-state index is -3.66. The van der Waals surface area contributed by atoms with E-state index in [1.165, 1.54) is 7.11 Å². The number of aliphatic hydroxyl groups excluding tert-OH is 1. The SMILES string of the molecule is COc1cccc(S(=O)(=O)N2CCCCN3[C@H](CO)[C@@H](c4ccc(C#CC(C)C)cc4)[C@H]3C2)c1. The van der Waals surface area contributed by atoms with Crippen LogP contribution in [0.1, 0.15) is 43.7 Å². The van der Waals surface area contributed by atoms with Crippen molar-refractivity contribution >= 4 is 10.0 Å². The van der Waals surface area contributed by atoms with Crippen LogP contribution in [0.5, 0.6) is 5.75 Å². The average molecular weight is 483 g/mol. The fourth-order valence-electron chi connectivity index (χ4n) is 5.05. The summed E-state index contributed by atoms with van der Waals surface area (Å²) >= 11 is 0. The number of hydrogen-bond acceptors (Lipinski definition) is 5. The molecule has 1 N–H and O–H groups in total. The van der Waals surface area contributed by atoms with Gasteiger partial charge in [0.25, 0.3) is 0 Å². The Morgan fingerprint density at radius 1 is 1.12 bits per heavy atom. The van der Waals surface area contributed by atoms with Crippen LogP contribution in [0.4, 0.5) is 0 Å². The number of methoxy groups -OCH3 is 1. The molecule has 2 saturated heterocycles. The molecule has 34 heavy (non-hydrogen) atoms. The summed E-state index contributed by atoms with van der Waals surface area (Å²) in [6.45, 7) is 5.95. The van der Waals surface area contributed by atoms with Crippen LogP contribution in [-0.2, 0) is 10.0 Å². The van der Waals surface area contributed by atoms with E-state index in [0.29, 0.717) is 24.8 Å². The van der Waals surface area contributed by atoms with Gasteiger partial charge in [0.05, 0.1) is 18.6 Å². The fraction of sp³-hybridized carbons (Fsp3) is 0.481. The third-order valence-corrected chi connectivity index (χ3v) is 8.67. The van der Waals surface area contributed by atoms with Crippen LogP contribution in [0.3, 0.4) is 0 Å². The Hall–Kier alpha value is -2.37. The number of benzene rings is 2. The van der Waals surface area contributed by atoms with E-state index in [0.717, 1.165) is 30.5 Å². The molecule has 0 unspecified atom stereocenters. The van der Waals surface area contributed by atoms with Gasteiger partial charge in [-0.2, -0.15) is 4.31 Å². The molecule has 4 rings (SSSR count). The molecule has 2 aliphatic heterocycles. The summed E-state index contributed by atoms with van der Waals surface area (Å²) in [6.07, 6.45) is 1.69. The summed E-state index contributed by atoms with van der Waals surface area (Å²) in [5.41, 5.74) is 2.09. The van der Waals surface area contributed by atoms with Gasteiger partial charge in [0.1, 0.15) is 5.75 Å². The molecule has 7 heteroatoms. The molecule has 2 aromatic carbocycles. The number of sulfonamides is 1. The molecular weight excluding hydrogens is 448 g/mol. The summed E-state index contributed by atoms with van der Waals surface area (Å²) in [5.74, 6) is 7.28. The molecule has 2 heterocycles. The third-order valence-electron chi connectivity index (χ3n) is 6.81. The summed E-state index contributed by atoms with van der Waals surface area (Å²) in [5, 5.41) is 10.2. The van der Waals surface area contributed by atoms with E-state index in [-0.39, 0.29) is 29.5 Å². The van der Waals surface area contributed by atoms with Crippen molar-refractivity contribution in [1.29, 1.82) is 0 Å². The summed E-state index contributed by atoms with van der Waals surface area (Å²) in [7, 11) is -2.13. The standard InChI is InChI=1S/C27H34N2O4S/c1-20(2)9-10-21-11-13-22(14-12-21)27-25-18-28(15-4-5-16-29(25)26(27)19-30)34(31,32)24-8-6-7-23(17-24)33-3/h6-8,11-14,17,20,25-27,30H,4-5,15-16,18-19H2,1-3H3/t25-,26-,27+/m1/s1. The first-order chi connectivity index (χ1) is 16.3. The van der Waals surface area contributed by atoms with Gasteiger partial charge in [0.2, 0.25) is 10.0 Å². The summed E-state index contributed by atoms with van der Waals surface area (Å²) in [4.78, 5) is 2.53. The number of rotatable bonds is 5. The molecule has 0 aromatic heterocycles. The van der Waals surface area contributed by atoms with Gasteiger partial charge >= 0.3 is 0 Å². The maximum absolute atomic E-state index is 13.5. The lowest BCUT2D eigenvalue weighted by molar-refractivity contribution is -0.0553. The Kier molecular flexibility index (Phi) is 7.63. The number of ether oxygens (including phenoxy) is 1. The van der Waals surface area contributed by atoms with Crippen molar-refractivity contribution in [3.63, 3.8) is 0 Å². The lowest BCUT2D eigenvalue weighted by atomic mass is 9.74. The Bertz CT molecular complexity index is 1150. The van der Waals surface area contributed by atoms with E-state index in [4.69, 9.17) is 4.74 Å². The average Bonchev–Trinajstić information content (AvgIpc) is 2.82. The number of aliphatic hydroxyl groups is 1. The van der Waals surface area contributed by atoms with Gasteiger partial charge in [-0.15, -0.1) is 0 Å². The Morgan fingerprint density at radius 3 is 2.53 bits per heavy atom. The molecular formula is C27H34N2O4S. The zero-order valence-electron chi connectivity index (χ0n) is 20.1. The fourth-order valence-corrected chi connectivity index (χ4v) is 6.59. The molecule has 2 aromatic rings. The quantitative estimate of drug-likeness (QED) is 0.662. The summed E-state index contributed by atoms with van der Waals surface area (Å²) < 4.78 is 34.0. The van der Waals surface area contributed by atoms with Gasteiger partial charge in [-0.25, -0.2) is 8.42 Å². The molecule has 0 aliphatic carbocycles. The highest BCUT2D eigenvalue weighted by molar-refractivity contribution is 7.89. The highest BCUT2D eigenvalue weighted by atomic mass is 32.2. The van der Waals surface area contributed by atoms with Gasteiger partial charge < -0.3 is 9.84 Å². The van der Waals surface area contributed by atoms with Crippen LogP contribution >= 0.6 is 0 Å². The normalized spacial score (nSPS) is 23.7. The smallest absolute Gasteiger partial charge is 0.243 e. The van der Waals surface area contributed by atoms with Gasteiger partial charge in [-0.3, -0.25) is 4.90 Å². The molecule has 0 saturated carbocycles. The lowest BCUT2D eigenvalue weighted by Crippen LogP contribution is -2.67. The van der Waals surface area contributed by atoms with Crippen LogP contribution in [0.25, 0.3) is 0 Å². The molecule has 0 spiro atoms. The van der Waals surface area contributed by atoms with Gasteiger partial charge in [-0.05, 0) is 49.2 Å². The topological polar surface area (TPSA) is 70.1 Å². The van der Waals surface area contributed by atoms with Crippen LogP contribution in [0.2, 0.25) is 0 Å². The Balaban J connectivity index is 1.61. The second-order valence-corrected chi connectivity index (χ2v) is 11.3. The van der Waals surface area contributed by atoms with Gasteiger partial charge in [0, 0.05) is 48.6 Å². The van der Waals surface area contributed by atoms with Crippen molar-refractivity contribution in [3.8, 4) is 17.6 Å². The highest BCUT2D eigenvalue weighted by Crippen LogP contribution is 2.42. The van der Waals surface area contributed by atoms with Crippen LogP contribution in [-0.4, -0.2) is 68.2 Å². The second kappa shape index (κ2) is 10.5. The predicted octanol–water partition coefficient (Wildman–Crippen LogP) is 3.32. The largest absolute Gasteiger partial charge is 0.497 e. The van der Waals surface area contributed by atoms with Crippen molar-refractivity contribution in [1.82, 2.24) is 9.21 Å². The van der Waals surface area contributed by atoms with E-state index in [9.17, 15) is 13.5 Å². The van der Waals surface area contributed by atoms with Crippen molar-refractivity contribution in [2.45, 2.75) is 49.6 Å². The maximum Gasteiger partial charge on any atom is 0.243 e. The van der Waals surface area contributed by atoms with Crippen molar-refractivity contribution in [2.24, 2.45) is 5.92 Å². The molecule has 6 nitrogen and oxygen atoms in total. The van der Waals surface area contributed by atoms with Gasteiger partial charge in [0.15, 0.2) is 0 Å². The first-order valence-electron chi connectivity index (χ1n) is 12.0. The minimum absolute atomic E-state index is 0.00271. The van der Waals surface area contributed by atoms with E-state index < -0.39 is 10.0 Å². The Labute approximate surface area is 203 Å². The molecule has 2 aliphatic rings. The van der Waals surface area contributed by atoms with Gasteiger partial charge in [-0.1, -0.05) is 43.9 Å². The molecule has 182 valence electrons. The first-order valence-corrected chi connectivity index (χ1v) is 13.4. The second-order valence-electron chi connectivity index (χ2n) is 9.38. The molecule has 0 radical (unpaired) electrons. The van der Waals surface area contributed by atoms with E-state index in [1.54, 1.807) is 28.6 Å². The number of nitrogens with zero attached hydrogens (tertiary/aromatic N) is 2. The van der Waals surface area contributed by atoms with E-state index >= 15 is 0 Å². The van der Waals surface area contributed by atoms with Crippen molar-refractivity contribution in [3.05, 3.63) is 59.7 Å². The zero-order chi connectivity index (χ0) is 24.3. The number of hydrogen-bond donors (Lipinski definition) is 1. The van der Waals surface area contributed by atoms with Crippen molar-refractivity contribution in [2.75, 3.05) is 33.4 Å². The molecule has 0 bridgehead atoms. The lowest BCUT2D eigenvalue weighted by Gasteiger charge is -2.57. The highest BCUT2D eigenvalue weighted by Gasteiger charge is 2.50. The maximum atomic E-state index is 13.5. The van der Waals surface area contributed by atoms with E-state index in [2.05, 4.69) is 42.7 Å². The molecule has 2 fully saturated rings. The molecule has 0 amide bonds. The van der Waals surface area contributed by atoms with Crippen LogP contribution < -0.4 is 4.74 Å². The number of fused-ring (bicyclic) bond motifs is 1. The third kappa shape index (κ3) is 5.01. The zero-order valence-corrected chi connectivity index (χ0v) is 21.0.